The molecule has 0 saturated heterocycles. The highest BCUT2D eigenvalue weighted by molar-refractivity contribution is 6.21. The van der Waals surface area contributed by atoms with Gasteiger partial charge in [-0.15, -0.1) is 10.2 Å². The molecular weight excluding hydrogens is 395 g/mol. The van der Waals surface area contributed by atoms with Crippen LogP contribution >= 0.6 is 11.6 Å². The molecular formula is C16H10ClF5N4O. The Morgan fingerprint density at radius 2 is 1.93 bits per heavy atom. The molecule has 0 amide bonds. The van der Waals surface area contributed by atoms with Gasteiger partial charge in [0.2, 0.25) is 5.82 Å². The van der Waals surface area contributed by atoms with Crippen LogP contribution in [0.25, 0.3) is 16.8 Å². The lowest BCUT2D eigenvalue weighted by Crippen LogP contribution is -2.43. The highest BCUT2D eigenvalue weighted by Gasteiger charge is 2.47. The number of pyridine rings is 2. The molecule has 0 atom stereocenters. The van der Waals surface area contributed by atoms with Crippen LogP contribution in [0.1, 0.15) is 18.7 Å². The van der Waals surface area contributed by atoms with Crippen molar-refractivity contribution in [2.24, 2.45) is 0 Å². The summed E-state index contributed by atoms with van der Waals surface area (Å²) in [6.45, 7) is 0. The molecule has 11 heteroatoms. The van der Waals surface area contributed by atoms with E-state index in [2.05, 4.69) is 15.2 Å². The standard InChI is InChI=1S/C16H10ClF5N4O/c17-16(21,22)14-25-24-12-2-1-8(7-26(12)14)9-3-11(18)13(23-6-9)27-10-4-15(19,20)5-10/h1-3,6-7,10H,4-5H2. The summed E-state index contributed by atoms with van der Waals surface area (Å²) in [5.41, 5.74) is 0.740. The van der Waals surface area contributed by atoms with Crippen LogP contribution < -0.4 is 4.74 Å². The SMILES string of the molecule is Fc1cc(-c2ccc3nnc(C(F)(F)Cl)n3c2)cnc1OC1CC(F)(F)C1. The monoisotopic (exact) mass is 404 g/mol. The van der Waals surface area contributed by atoms with Gasteiger partial charge in [-0.25, -0.2) is 18.2 Å². The van der Waals surface area contributed by atoms with Gasteiger partial charge in [-0.05, 0) is 29.8 Å². The third-order valence-electron chi connectivity index (χ3n) is 4.13. The number of alkyl halides is 5. The molecule has 142 valence electrons. The van der Waals surface area contributed by atoms with E-state index in [1.165, 1.54) is 24.5 Å². The Labute approximate surface area is 153 Å². The maximum Gasteiger partial charge on any atom is 0.382 e. The zero-order valence-corrected chi connectivity index (χ0v) is 14.1. The number of nitrogens with zero attached hydrogens (tertiary/aromatic N) is 4. The van der Waals surface area contributed by atoms with Gasteiger partial charge in [-0.3, -0.25) is 4.40 Å². The van der Waals surface area contributed by atoms with Crippen molar-refractivity contribution in [3.63, 3.8) is 0 Å². The molecule has 3 heterocycles. The van der Waals surface area contributed by atoms with Crippen LogP contribution in [0.15, 0.2) is 30.6 Å². The molecule has 0 aliphatic heterocycles. The summed E-state index contributed by atoms with van der Waals surface area (Å²) in [6.07, 6.45) is 0.740. The van der Waals surface area contributed by atoms with Crippen molar-refractivity contribution in [1.82, 2.24) is 19.6 Å². The van der Waals surface area contributed by atoms with E-state index in [1.807, 2.05) is 0 Å². The molecule has 1 fully saturated rings. The minimum absolute atomic E-state index is 0.133. The summed E-state index contributed by atoms with van der Waals surface area (Å²) < 4.78 is 72.8. The van der Waals surface area contributed by atoms with Crippen LogP contribution in [-0.2, 0) is 5.38 Å². The Kier molecular flexibility index (Phi) is 3.99. The Morgan fingerprint density at radius 1 is 1.19 bits per heavy atom. The highest BCUT2D eigenvalue weighted by atomic mass is 35.5. The normalized spacial score (nSPS) is 17.1. The lowest BCUT2D eigenvalue weighted by Gasteiger charge is -2.34. The van der Waals surface area contributed by atoms with Crippen molar-refractivity contribution in [3.8, 4) is 17.0 Å². The minimum atomic E-state index is -3.73. The highest BCUT2D eigenvalue weighted by Crippen LogP contribution is 2.40. The summed E-state index contributed by atoms with van der Waals surface area (Å²) in [4.78, 5) is 3.81. The number of hydrogen-bond acceptors (Lipinski definition) is 4. The molecule has 3 aromatic heterocycles. The predicted molar refractivity (Wildman–Crippen MR) is 84.5 cm³/mol. The molecule has 1 aliphatic rings. The fraction of sp³-hybridized carbons (Fsp3) is 0.312. The van der Waals surface area contributed by atoms with E-state index in [0.29, 0.717) is 5.56 Å². The van der Waals surface area contributed by atoms with Gasteiger partial charge in [0.1, 0.15) is 6.10 Å². The molecule has 0 spiro atoms. The number of hydrogen-bond donors (Lipinski definition) is 0. The summed E-state index contributed by atoms with van der Waals surface area (Å²) in [5, 5.41) is 3.21. The van der Waals surface area contributed by atoms with E-state index in [4.69, 9.17) is 16.3 Å². The Bertz CT molecular complexity index is 1010. The van der Waals surface area contributed by atoms with Crippen molar-refractivity contribution in [2.75, 3.05) is 0 Å². The van der Waals surface area contributed by atoms with E-state index < -0.39 is 47.8 Å². The van der Waals surface area contributed by atoms with Crippen molar-refractivity contribution in [2.45, 2.75) is 30.2 Å². The number of fused-ring (bicyclic) bond motifs is 1. The lowest BCUT2D eigenvalue weighted by atomic mass is 9.91. The van der Waals surface area contributed by atoms with Gasteiger partial charge in [0.25, 0.3) is 11.8 Å². The van der Waals surface area contributed by atoms with Gasteiger partial charge in [0.05, 0.1) is 0 Å². The number of ether oxygens (including phenoxy) is 1. The van der Waals surface area contributed by atoms with Crippen molar-refractivity contribution in [3.05, 3.63) is 42.2 Å². The first-order chi connectivity index (χ1) is 12.6. The second kappa shape index (κ2) is 6.01. The summed E-state index contributed by atoms with van der Waals surface area (Å²) in [6, 6.07) is 4.00. The summed E-state index contributed by atoms with van der Waals surface area (Å²) in [7, 11) is 0. The van der Waals surface area contributed by atoms with Crippen LogP contribution in [0.3, 0.4) is 0 Å². The average molecular weight is 405 g/mol. The maximum atomic E-state index is 14.2. The van der Waals surface area contributed by atoms with E-state index in [9.17, 15) is 22.0 Å². The van der Waals surface area contributed by atoms with Crippen LogP contribution in [0.4, 0.5) is 22.0 Å². The van der Waals surface area contributed by atoms with Gasteiger partial charge in [0, 0.05) is 36.4 Å². The fourth-order valence-electron chi connectivity index (χ4n) is 2.77. The van der Waals surface area contributed by atoms with Gasteiger partial charge in [-0.1, -0.05) is 0 Å². The molecule has 0 unspecified atom stereocenters. The molecule has 1 saturated carbocycles. The van der Waals surface area contributed by atoms with Gasteiger partial charge in [-0.2, -0.15) is 8.78 Å². The largest absolute Gasteiger partial charge is 0.472 e. The number of halogens is 6. The lowest BCUT2D eigenvalue weighted by molar-refractivity contribution is -0.136. The second-order valence-electron chi connectivity index (χ2n) is 6.18. The quantitative estimate of drug-likeness (QED) is 0.478. The Hall–Kier alpha value is -2.49. The second-order valence-corrected chi connectivity index (χ2v) is 6.66. The summed E-state index contributed by atoms with van der Waals surface area (Å²) >= 11 is 5.01. The van der Waals surface area contributed by atoms with E-state index in [0.717, 1.165) is 10.5 Å². The van der Waals surface area contributed by atoms with Gasteiger partial charge in [0.15, 0.2) is 11.5 Å². The first-order valence-corrected chi connectivity index (χ1v) is 8.13. The first kappa shape index (κ1) is 17.9. The molecule has 4 rings (SSSR count). The molecule has 27 heavy (non-hydrogen) atoms. The molecule has 0 aromatic carbocycles. The van der Waals surface area contributed by atoms with Crippen LogP contribution in [0.5, 0.6) is 5.88 Å². The Morgan fingerprint density at radius 3 is 2.56 bits per heavy atom. The molecule has 0 bridgehead atoms. The maximum absolute atomic E-state index is 14.2. The van der Waals surface area contributed by atoms with Crippen molar-refractivity contribution >= 4 is 17.2 Å². The molecule has 0 radical (unpaired) electrons. The van der Waals surface area contributed by atoms with Crippen LogP contribution in [0.2, 0.25) is 0 Å². The third-order valence-corrected chi connectivity index (χ3v) is 4.30. The topological polar surface area (TPSA) is 52.3 Å². The van der Waals surface area contributed by atoms with E-state index in [1.54, 1.807) is 0 Å². The van der Waals surface area contributed by atoms with Crippen molar-refractivity contribution in [1.29, 1.82) is 0 Å². The van der Waals surface area contributed by atoms with E-state index in [-0.39, 0.29) is 11.2 Å². The van der Waals surface area contributed by atoms with Gasteiger partial charge >= 0.3 is 5.38 Å². The third kappa shape index (κ3) is 3.41. The number of aromatic nitrogens is 4. The average Bonchev–Trinajstić information content (AvgIpc) is 2.98. The molecule has 0 N–H and O–H groups in total. The Balaban J connectivity index is 1.62. The number of rotatable bonds is 4. The zero-order valence-electron chi connectivity index (χ0n) is 13.3. The van der Waals surface area contributed by atoms with E-state index >= 15 is 0 Å². The molecule has 3 aromatic rings. The predicted octanol–water partition coefficient (Wildman–Crippen LogP) is 4.40. The first-order valence-electron chi connectivity index (χ1n) is 7.75. The minimum Gasteiger partial charge on any atom is -0.472 e. The van der Waals surface area contributed by atoms with Crippen molar-refractivity contribution < 1.29 is 26.7 Å². The smallest absolute Gasteiger partial charge is 0.382 e. The zero-order chi connectivity index (χ0) is 19.4. The molecule has 5 nitrogen and oxygen atoms in total. The molecule has 1 aliphatic carbocycles. The fourth-order valence-corrected chi connectivity index (χ4v) is 2.90. The van der Waals surface area contributed by atoms with Crippen LogP contribution in [-0.4, -0.2) is 31.6 Å². The van der Waals surface area contributed by atoms with Gasteiger partial charge < -0.3 is 4.74 Å². The van der Waals surface area contributed by atoms with Crippen LogP contribution in [0, 0.1) is 5.82 Å². The summed E-state index contributed by atoms with van der Waals surface area (Å²) in [5.74, 6) is -4.82.